The first-order chi connectivity index (χ1) is 13.4. The highest BCUT2D eigenvalue weighted by Crippen LogP contribution is 2.39. The Kier molecular flexibility index (Phi) is 6.14. The molecule has 146 valence electrons. The molecule has 0 radical (unpaired) electrons. The average molecular weight is 418 g/mol. The average Bonchev–Trinajstić information content (AvgIpc) is 3.21. The van der Waals surface area contributed by atoms with E-state index in [4.69, 9.17) is 9.47 Å². The maximum Gasteiger partial charge on any atom is 0.257 e. The van der Waals surface area contributed by atoms with Crippen molar-refractivity contribution < 1.29 is 23.7 Å². The van der Waals surface area contributed by atoms with E-state index in [-0.39, 0.29) is 12.1 Å². The lowest BCUT2D eigenvalue weighted by Crippen LogP contribution is -2.12. The minimum absolute atomic E-state index is 0.167. The second-order valence-corrected chi connectivity index (χ2v) is 9.25. The Bertz CT molecular complexity index is 1010. The monoisotopic (exact) mass is 418 g/mol. The normalized spacial score (nSPS) is 12.8. The van der Waals surface area contributed by atoms with Gasteiger partial charge in [-0.25, -0.2) is 4.98 Å². The lowest BCUT2D eigenvalue weighted by atomic mass is 10.2. The minimum Gasteiger partial charge on any atom is -0.497 e. The molecule has 2 aromatic carbocycles. The third kappa shape index (κ3) is 4.78. The molecule has 1 amide bonds. The zero-order valence-electron chi connectivity index (χ0n) is 15.3. The van der Waals surface area contributed by atoms with Crippen LogP contribution in [-0.2, 0) is 4.57 Å². The first-order valence-electron chi connectivity index (χ1n) is 8.41. The number of hydrogen-bond acceptors (Lipinski definition) is 6. The number of benzene rings is 2. The molecular weight excluding hydrogens is 399 g/mol. The van der Waals surface area contributed by atoms with Gasteiger partial charge in [0.1, 0.15) is 17.2 Å². The summed E-state index contributed by atoms with van der Waals surface area (Å²) in [6.45, 7) is 1.67. The van der Waals surface area contributed by atoms with Crippen molar-refractivity contribution in [2.45, 2.75) is 6.92 Å². The Morgan fingerprint density at radius 2 is 1.89 bits per heavy atom. The van der Waals surface area contributed by atoms with E-state index in [9.17, 15) is 14.3 Å². The van der Waals surface area contributed by atoms with E-state index < -0.39 is 7.37 Å². The van der Waals surface area contributed by atoms with E-state index >= 15 is 0 Å². The van der Waals surface area contributed by atoms with Gasteiger partial charge in [0.25, 0.3) is 5.91 Å². The van der Waals surface area contributed by atoms with Crippen LogP contribution in [0.2, 0.25) is 0 Å². The molecule has 0 spiro atoms. The molecule has 9 heteroatoms. The molecule has 0 aliphatic rings. The smallest absolute Gasteiger partial charge is 0.257 e. The van der Waals surface area contributed by atoms with Gasteiger partial charge in [-0.1, -0.05) is 6.92 Å². The number of nitrogens with zero attached hydrogens (tertiary/aromatic N) is 1. The molecule has 3 rings (SSSR count). The number of rotatable bonds is 7. The summed E-state index contributed by atoms with van der Waals surface area (Å²) in [5.41, 5.74) is 0.354. The van der Waals surface area contributed by atoms with Gasteiger partial charge in [0.2, 0.25) is 7.37 Å². The van der Waals surface area contributed by atoms with Crippen molar-refractivity contribution >= 4 is 35.0 Å². The Morgan fingerprint density at radius 3 is 2.50 bits per heavy atom. The lowest BCUT2D eigenvalue weighted by molar-refractivity contribution is 0.102. The largest absolute Gasteiger partial charge is 0.497 e. The molecule has 3 aromatic rings. The van der Waals surface area contributed by atoms with Crippen LogP contribution in [0.15, 0.2) is 54.0 Å². The van der Waals surface area contributed by atoms with E-state index in [0.29, 0.717) is 33.2 Å². The summed E-state index contributed by atoms with van der Waals surface area (Å²) < 4.78 is 23.1. The standard InChI is InChI=1S/C19H19N2O5PS/c1-3-27(23,24)17-6-4-14(5-7-17)26-16-11-13(10-15(12-16)25-2)18(22)21-19-20-8-9-28-19/h4-12H,3H2,1-2H3,(H,23,24)(H,20,21,22). The molecule has 0 fully saturated rings. The van der Waals surface area contributed by atoms with Crippen LogP contribution >= 0.6 is 18.7 Å². The van der Waals surface area contributed by atoms with Gasteiger partial charge in [-0.3, -0.25) is 14.7 Å². The molecule has 1 heterocycles. The fourth-order valence-electron chi connectivity index (χ4n) is 2.40. The number of ether oxygens (including phenoxy) is 2. The van der Waals surface area contributed by atoms with Crippen LogP contribution in [0.3, 0.4) is 0 Å². The molecule has 1 atom stereocenters. The Labute approximate surface area is 166 Å². The van der Waals surface area contributed by atoms with Gasteiger partial charge in [-0.2, -0.15) is 0 Å². The maximum absolute atomic E-state index is 12.5. The predicted octanol–water partition coefficient (Wildman–Crippen LogP) is 4.11. The second-order valence-electron chi connectivity index (χ2n) is 5.80. The van der Waals surface area contributed by atoms with Gasteiger partial charge in [-0.05, 0) is 36.4 Å². The first-order valence-corrected chi connectivity index (χ1v) is 11.1. The summed E-state index contributed by atoms with van der Waals surface area (Å²) in [7, 11) is -1.82. The van der Waals surface area contributed by atoms with Crippen LogP contribution in [0.4, 0.5) is 5.13 Å². The Balaban J connectivity index is 1.81. The molecular formula is C19H19N2O5PS. The van der Waals surface area contributed by atoms with Crippen LogP contribution in [0.1, 0.15) is 17.3 Å². The van der Waals surface area contributed by atoms with E-state index in [1.54, 1.807) is 61.0 Å². The molecule has 1 unspecified atom stereocenters. The van der Waals surface area contributed by atoms with Crippen molar-refractivity contribution in [1.82, 2.24) is 4.98 Å². The third-order valence-electron chi connectivity index (χ3n) is 3.94. The molecule has 0 bridgehead atoms. The highest BCUT2D eigenvalue weighted by molar-refractivity contribution is 7.66. The SMILES string of the molecule is CCP(=O)(O)c1ccc(Oc2cc(OC)cc(C(=O)Nc3nccs3)c2)cc1. The molecule has 28 heavy (non-hydrogen) atoms. The number of aromatic nitrogens is 1. The maximum atomic E-state index is 12.5. The number of carbonyl (C=O) groups excluding carboxylic acids is 1. The molecule has 0 aliphatic carbocycles. The molecule has 1 aromatic heterocycles. The van der Waals surface area contributed by atoms with Gasteiger partial charge in [0.05, 0.1) is 7.11 Å². The van der Waals surface area contributed by atoms with Crippen LogP contribution < -0.4 is 20.1 Å². The Hall–Kier alpha value is -2.67. The zero-order chi connectivity index (χ0) is 20.1. The number of carbonyl (C=O) groups is 1. The predicted molar refractivity (Wildman–Crippen MR) is 110 cm³/mol. The van der Waals surface area contributed by atoms with Crippen LogP contribution in [-0.4, -0.2) is 29.1 Å². The summed E-state index contributed by atoms with van der Waals surface area (Å²) in [5, 5.41) is 5.34. The Morgan fingerprint density at radius 1 is 1.18 bits per heavy atom. The molecule has 0 saturated heterocycles. The number of amides is 1. The highest BCUT2D eigenvalue weighted by Gasteiger charge is 2.18. The van der Waals surface area contributed by atoms with Gasteiger partial charge < -0.3 is 14.4 Å². The summed E-state index contributed by atoms with van der Waals surface area (Å²) in [4.78, 5) is 26.4. The summed E-state index contributed by atoms with van der Waals surface area (Å²) in [6, 6.07) is 11.2. The number of anilines is 1. The fourth-order valence-corrected chi connectivity index (χ4v) is 3.90. The molecule has 7 nitrogen and oxygen atoms in total. The van der Waals surface area contributed by atoms with Crippen LogP contribution in [0.25, 0.3) is 0 Å². The quantitative estimate of drug-likeness (QED) is 0.561. The number of thiazole rings is 1. The first kappa shape index (κ1) is 20.1. The van der Waals surface area contributed by atoms with Crippen molar-refractivity contribution in [3.8, 4) is 17.2 Å². The zero-order valence-corrected chi connectivity index (χ0v) is 17.0. The van der Waals surface area contributed by atoms with E-state index in [1.165, 1.54) is 18.4 Å². The second kappa shape index (κ2) is 8.56. The number of methoxy groups -OCH3 is 1. The van der Waals surface area contributed by atoms with Gasteiger partial charge >= 0.3 is 0 Å². The summed E-state index contributed by atoms with van der Waals surface area (Å²) in [5.74, 6) is 1.00. The van der Waals surface area contributed by atoms with E-state index in [2.05, 4.69) is 10.3 Å². The number of hydrogen-bond donors (Lipinski definition) is 2. The van der Waals surface area contributed by atoms with Gasteiger partial charge in [0.15, 0.2) is 5.13 Å². The molecule has 0 aliphatic heterocycles. The molecule has 0 saturated carbocycles. The molecule has 2 N–H and O–H groups in total. The number of nitrogens with one attached hydrogen (secondary N) is 1. The van der Waals surface area contributed by atoms with Crippen molar-refractivity contribution in [1.29, 1.82) is 0 Å². The van der Waals surface area contributed by atoms with Crippen LogP contribution in [0, 0.1) is 0 Å². The third-order valence-corrected chi connectivity index (χ3v) is 6.59. The van der Waals surface area contributed by atoms with Crippen molar-refractivity contribution in [2.75, 3.05) is 18.6 Å². The van der Waals surface area contributed by atoms with Crippen molar-refractivity contribution in [3.05, 3.63) is 59.6 Å². The van der Waals surface area contributed by atoms with Crippen molar-refractivity contribution in [2.24, 2.45) is 0 Å². The van der Waals surface area contributed by atoms with E-state index in [0.717, 1.165) is 0 Å². The highest BCUT2D eigenvalue weighted by atomic mass is 32.1. The summed E-state index contributed by atoms with van der Waals surface area (Å²) in [6.07, 6.45) is 1.77. The minimum atomic E-state index is -3.32. The topological polar surface area (TPSA) is 97.8 Å². The van der Waals surface area contributed by atoms with Gasteiger partial charge in [0, 0.05) is 34.7 Å². The summed E-state index contributed by atoms with van der Waals surface area (Å²) >= 11 is 1.32. The van der Waals surface area contributed by atoms with Crippen LogP contribution in [0.5, 0.6) is 17.2 Å². The van der Waals surface area contributed by atoms with Crippen molar-refractivity contribution in [3.63, 3.8) is 0 Å². The fraction of sp³-hybridized carbons (Fsp3) is 0.158. The van der Waals surface area contributed by atoms with E-state index in [1.807, 2.05) is 0 Å². The van der Waals surface area contributed by atoms with Gasteiger partial charge in [-0.15, -0.1) is 11.3 Å². The lowest BCUT2D eigenvalue weighted by Gasteiger charge is -2.12.